The molecule has 19 heavy (non-hydrogen) atoms. The molecule has 0 atom stereocenters. The SMILES string of the molecule is CC(C)C(C)(C)[Si](C)(C)OCCc1ccc(Br)cc1. The molecular formula is C16H27BrOSi. The highest BCUT2D eigenvalue weighted by Gasteiger charge is 2.42. The molecule has 0 aliphatic carbocycles. The topological polar surface area (TPSA) is 9.23 Å². The Morgan fingerprint density at radius 1 is 1.16 bits per heavy atom. The normalized spacial score (nSPS) is 13.1. The van der Waals surface area contributed by atoms with Gasteiger partial charge in [0.1, 0.15) is 0 Å². The lowest BCUT2D eigenvalue weighted by atomic mass is 9.99. The molecule has 0 N–H and O–H groups in total. The van der Waals surface area contributed by atoms with Gasteiger partial charge in [-0.25, -0.2) is 0 Å². The maximum absolute atomic E-state index is 6.32. The van der Waals surface area contributed by atoms with Gasteiger partial charge in [0.15, 0.2) is 8.32 Å². The van der Waals surface area contributed by atoms with E-state index >= 15 is 0 Å². The highest BCUT2D eigenvalue weighted by atomic mass is 79.9. The molecule has 0 saturated heterocycles. The van der Waals surface area contributed by atoms with Gasteiger partial charge in [-0.1, -0.05) is 55.8 Å². The molecule has 1 aromatic rings. The minimum atomic E-state index is -1.67. The molecule has 108 valence electrons. The molecular weight excluding hydrogens is 316 g/mol. The van der Waals surface area contributed by atoms with Crippen LogP contribution in [0, 0.1) is 5.92 Å². The lowest BCUT2D eigenvalue weighted by Crippen LogP contribution is -2.45. The molecule has 0 amide bonds. The maximum Gasteiger partial charge on any atom is 0.192 e. The summed E-state index contributed by atoms with van der Waals surface area (Å²) in [6.07, 6.45) is 0.998. The smallest absolute Gasteiger partial charge is 0.192 e. The summed E-state index contributed by atoms with van der Waals surface area (Å²) >= 11 is 3.46. The second kappa shape index (κ2) is 6.55. The van der Waals surface area contributed by atoms with Gasteiger partial charge in [0.05, 0.1) is 0 Å². The van der Waals surface area contributed by atoms with Gasteiger partial charge in [-0.05, 0) is 48.2 Å². The van der Waals surface area contributed by atoms with E-state index in [4.69, 9.17) is 4.43 Å². The Bertz CT molecular complexity index is 396. The van der Waals surface area contributed by atoms with Crippen LogP contribution in [0.3, 0.4) is 0 Å². The van der Waals surface area contributed by atoms with Crippen LogP contribution < -0.4 is 0 Å². The lowest BCUT2D eigenvalue weighted by molar-refractivity contribution is 0.270. The number of benzene rings is 1. The average Bonchev–Trinajstić information content (AvgIpc) is 2.31. The van der Waals surface area contributed by atoms with Crippen molar-refractivity contribution in [3.05, 3.63) is 34.3 Å². The van der Waals surface area contributed by atoms with Crippen molar-refractivity contribution in [1.82, 2.24) is 0 Å². The fraction of sp³-hybridized carbons (Fsp3) is 0.625. The first-order valence-corrected chi connectivity index (χ1v) is 10.8. The van der Waals surface area contributed by atoms with Gasteiger partial charge in [-0.2, -0.15) is 0 Å². The van der Waals surface area contributed by atoms with Crippen molar-refractivity contribution in [2.24, 2.45) is 5.92 Å². The zero-order valence-electron chi connectivity index (χ0n) is 13.1. The molecule has 0 aliphatic rings. The Kier molecular flexibility index (Phi) is 5.84. The molecule has 0 aliphatic heterocycles. The van der Waals surface area contributed by atoms with E-state index < -0.39 is 8.32 Å². The molecule has 1 nitrogen and oxygen atoms in total. The van der Waals surface area contributed by atoms with Gasteiger partial charge in [0, 0.05) is 11.1 Å². The van der Waals surface area contributed by atoms with Gasteiger partial charge in [0.25, 0.3) is 0 Å². The monoisotopic (exact) mass is 342 g/mol. The van der Waals surface area contributed by atoms with E-state index in [0.29, 0.717) is 11.0 Å². The Morgan fingerprint density at radius 2 is 1.68 bits per heavy atom. The minimum Gasteiger partial charge on any atom is -0.416 e. The van der Waals surface area contributed by atoms with Crippen molar-refractivity contribution in [3.8, 4) is 0 Å². The molecule has 0 heterocycles. The zero-order chi connectivity index (χ0) is 14.7. The zero-order valence-corrected chi connectivity index (χ0v) is 15.7. The third kappa shape index (κ3) is 4.43. The third-order valence-electron chi connectivity index (χ3n) is 4.76. The Labute approximate surface area is 128 Å². The first-order valence-electron chi connectivity index (χ1n) is 7.05. The fourth-order valence-corrected chi connectivity index (χ4v) is 4.60. The Hall–Kier alpha value is -0.123. The molecule has 0 bridgehead atoms. The standard InChI is InChI=1S/C16H27BrOSi/c1-13(2)16(3,4)19(5,6)18-12-11-14-7-9-15(17)10-8-14/h7-10,13H,11-12H2,1-6H3. The Balaban J connectivity index is 2.54. The van der Waals surface area contributed by atoms with Gasteiger partial charge in [-0.3, -0.25) is 0 Å². The van der Waals surface area contributed by atoms with Crippen LogP contribution in [0.2, 0.25) is 18.1 Å². The van der Waals surface area contributed by atoms with E-state index in [1.165, 1.54) is 5.56 Å². The molecule has 1 rings (SSSR count). The van der Waals surface area contributed by atoms with Gasteiger partial charge >= 0.3 is 0 Å². The van der Waals surface area contributed by atoms with Crippen LogP contribution in [0.4, 0.5) is 0 Å². The third-order valence-corrected chi connectivity index (χ3v) is 9.90. The van der Waals surface area contributed by atoms with Crippen molar-refractivity contribution in [2.45, 2.75) is 52.2 Å². The van der Waals surface area contributed by atoms with Crippen LogP contribution in [-0.2, 0) is 10.8 Å². The summed E-state index contributed by atoms with van der Waals surface area (Å²) in [5.74, 6) is 0.654. The van der Waals surface area contributed by atoms with E-state index in [1.807, 2.05) is 0 Å². The number of rotatable bonds is 6. The lowest BCUT2D eigenvalue weighted by Gasteiger charge is -2.42. The van der Waals surface area contributed by atoms with E-state index in [1.54, 1.807) is 0 Å². The molecule has 0 saturated carbocycles. The maximum atomic E-state index is 6.32. The van der Waals surface area contributed by atoms with Gasteiger partial charge in [0.2, 0.25) is 0 Å². The van der Waals surface area contributed by atoms with Gasteiger partial charge < -0.3 is 4.43 Å². The van der Waals surface area contributed by atoms with Crippen LogP contribution in [0.1, 0.15) is 33.3 Å². The molecule has 0 aromatic heterocycles. The first-order chi connectivity index (χ1) is 8.67. The number of hydrogen-bond donors (Lipinski definition) is 0. The molecule has 3 heteroatoms. The number of hydrogen-bond acceptors (Lipinski definition) is 1. The Morgan fingerprint density at radius 3 is 2.16 bits per heavy atom. The molecule has 0 spiro atoms. The van der Waals surface area contributed by atoms with Crippen LogP contribution in [-0.4, -0.2) is 14.9 Å². The molecule has 0 radical (unpaired) electrons. The summed E-state index contributed by atoms with van der Waals surface area (Å²) in [6.45, 7) is 14.8. The van der Waals surface area contributed by atoms with Crippen LogP contribution >= 0.6 is 15.9 Å². The fourth-order valence-electron chi connectivity index (χ4n) is 1.96. The van der Waals surface area contributed by atoms with Crippen molar-refractivity contribution in [2.75, 3.05) is 6.61 Å². The second-order valence-corrected chi connectivity index (χ2v) is 12.1. The van der Waals surface area contributed by atoms with E-state index in [2.05, 4.69) is 81.0 Å². The largest absolute Gasteiger partial charge is 0.416 e. The van der Waals surface area contributed by atoms with Crippen molar-refractivity contribution in [1.29, 1.82) is 0 Å². The van der Waals surface area contributed by atoms with Gasteiger partial charge in [-0.15, -0.1) is 0 Å². The predicted molar refractivity (Wildman–Crippen MR) is 90.2 cm³/mol. The van der Waals surface area contributed by atoms with Crippen LogP contribution in [0.15, 0.2) is 28.7 Å². The molecule has 0 fully saturated rings. The van der Waals surface area contributed by atoms with E-state index in [-0.39, 0.29) is 0 Å². The summed E-state index contributed by atoms with van der Waals surface area (Å²) in [5, 5.41) is 0.298. The minimum absolute atomic E-state index is 0.298. The van der Waals surface area contributed by atoms with E-state index in [9.17, 15) is 0 Å². The van der Waals surface area contributed by atoms with Crippen LogP contribution in [0.25, 0.3) is 0 Å². The highest BCUT2D eigenvalue weighted by Crippen LogP contribution is 2.44. The van der Waals surface area contributed by atoms with E-state index in [0.717, 1.165) is 17.5 Å². The summed E-state index contributed by atoms with van der Waals surface area (Å²) in [4.78, 5) is 0. The highest BCUT2D eigenvalue weighted by molar-refractivity contribution is 9.10. The average molecular weight is 343 g/mol. The van der Waals surface area contributed by atoms with Crippen molar-refractivity contribution in [3.63, 3.8) is 0 Å². The second-order valence-electron chi connectivity index (χ2n) is 6.61. The quantitative estimate of drug-likeness (QED) is 0.607. The molecule has 0 unspecified atom stereocenters. The summed E-state index contributed by atoms with van der Waals surface area (Å²) in [5.41, 5.74) is 1.34. The number of halogens is 1. The molecule has 1 aromatic carbocycles. The first kappa shape index (κ1) is 16.9. The predicted octanol–water partition coefficient (Wildman–Crippen LogP) is 5.65. The van der Waals surface area contributed by atoms with Crippen molar-refractivity contribution >= 4 is 24.2 Å². The van der Waals surface area contributed by atoms with Crippen LogP contribution in [0.5, 0.6) is 0 Å². The summed E-state index contributed by atoms with van der Waals surface area (Å²) in [6, 6.07) is 8.51. The summed E-state index contributed by atoms with van der Waals surface area (Å²) in [7, 11) is -1.67. The van der Waals surface area contributed by atoms with Crippen molar-refractivity contribution < 1.29 is 4.43 Å². The summed E-state index contributed by atoms with van der Waals surface area (Å²) < 4.78 is 7.45.